The number of hydrogen-bond donors (Lipinski definition) is 0. The standard InChI is InChI=1S/C13H10ClFN2/c1-8-5-10(7-16)9(2)17(8)13-4-3-11(14)6-12(13)15/h3-6H,1-2H3. The normalized spacial score (nSPS) is 10.3. The third-order valence-corrected chi connectivity index (χ3v) is 2.94. The van der Waals surface area contributed by atoms with E-state index in [9.17, 15) is 4.39 Å². The maximum atomic E-state index is 13.8. The molecule has 2 rings (SSSR count). The first-order chi connectivity index (χ1) is 8.04. The Bertz CT molecular complexity index is 623. The molecule has 0 atom stereocenters. The summed E-state index contributed by atoms with van der Waals surface area (Å²) >= 11 is 5.71. The van der Waals surface area contributed by atoms with Crippen molar-refractivity contribution in [2.45, 2.75) is 13.8 Å². The second kappa shape index (κ2) is 4.23. The predicted octanol–water partition coefficient (Wildman–Crippen LogP) is 3.76. The average Bonchev–Trinajstić information content (AvgIpc) is 2.55. The highest BCUT2D eigenvalue weighted by atomic mass is 35.5. The van der Waals surface area contributed by atoms with E-state index in [-0.39, 0.29) is 0 Å². The van der Waals surface area contributed by atoms with Crippen molar-refractivity contribution in [1.29, 1.82) is 5.26 Å². The Morgan fingerprint density at radius 3 is 2.53 bits per heavy atom. The number of benzene rings is 1. The van der Waals surface area contributed by atoms with Gasteiger partial charge in [0, 0.05) is 16.4 Å². The molecule has 1 aromatic heterocycles. The van der Waals surface area contributed by atoms with Crippen LogP contribution in [0.4, 0.5) is 4.39 Å². The van der Waals surface area contributed by atoms with Gasteiger partial charge in [-0.25, -0.2) is 4.39 Å². The summed E-state index contributed by atoms with van der Waals surface area (Å²) in [5, 5.41) is 9.29. The molecule has 0 aliphatic carbocycles. The molecule has 1 heterocycles. The molecule has 0 saturated heterocycles. The largest absolute Gasteiger partial charge is 0.314 e. The van der Waals surface area contributed by atoms with E-state index in [4.69, 9.17) is 16.9 Å². The molecule has 2 aromatic rings. The molecule has 0 saturated carbocycles. The van der Waals surface area contributed by atoms with Crippen LogP contribution in [-0.4, -0.2) is 4.57 Å². The van der Waals surface area contributed by atoms with E-state index in [0.29, 0.717) is 16.3 Å². The highest BCUT2D eigenvalue weighted by Gasteiger charge is 2.13. The molecule has 2 nitrogen and oxygen atoms in total. The van der Waals surface area contributed by atoms with Crippen molar-refractivity contribution in [3.63, 3.8) is 0 Å². The predicted molar refractivity (Wildman–Crippen MR) is 64.9 cm³/mol. The zero-order valence-electron chi connectivity index (χ0n) is 9.46. The summed E-state index contributed by atoms with van der Waals surface area (Å²) in [7, 11) is 0. The number of nitriles is 1. The Morgan fingerprint density at radius 2 is 2.00 bits per heavy atom. The minimum absolute atomic E-state index is 0.356. The van der Waals surface area contributed by atoms with Crippen molar-refractivity contribution < 1.29 is 4.39 Å². The van der Waals surface area contributed by atoms with Crippen LogP contribution in [0.2, 0.25) is 5.02 Å². The van der Waals surface area contributed by atoms with Gasteiger partial charge in [0.15, 0.2) is 0 Å². The molecule has 0 spiro atoms. The van der Waals surface area contributed by atoms with Gasteiger partial charge < -0.3 is 4.57 Å². The van der Waals surface area contributed by atoms with E-state index in [1.807, 2.05) is 6.92 Å². The maximum absolute atomic E-state index is 13.8. The van der Waals surface area contributed by atoms with Gasteiger partial charge in [0.2, 0.25) is 0 Å². The topological polar surface area (TPSA) is 28.7 Å². The highest BCUT2D eigenvalue weighted by molar-refractivity contribution is 6.30. The Morgan fingerprint density at radius 1 is 1.29 bits per heavy atom. The summed E-state index contributed by atoms with van der Waals surface area (Å²) in [4.78, 5) is 0. The van der Waals surface area contributed by atoms with Crippen molar-refractivity contribution in [1.82, 2.24) is 4.57 Å². The Balaban J connectivity index is 2.69. The van der Waals surface area contributed by atoms with E-state index in [1.54, 1.807) is 29.7 Å². The third kappa shape index (κ3) is 1.92. The van der Waals surface area contributed by atoms with Crippen LogP contribution in [0, 0.1) is 31.0 Å². The number of rotatable bonds is 1. The molecule has 0 unspecified atom stereocenters. The first-order valence-corrected chi connectivity index (χ1v) is 5.47. The van der Waals surface area contributed by atoms with Crippen LogP contribution in [0.15, 0.2) is 24.3 Å². The minimum Gasteiger partial charge on any atom is -0.314 e. The van der Waals surface area contributed by atoms with Crippen molar-refractivity contribution in [3.8, 4) is 11.8 Å². The molecule has 0 fully saturated rings. The number of nitrogens with zero attached hydrogens (tertiary/aromatic N) is 2. The summed E-state index contributed by atoms with van der Waals surface area (Å²) in [5.41, 5.74) is 2.51. The molecule has 1 aromatic carbocycles. The number of aryl methyl sites for hydroxylation is 1. The van der Waals surface area contributed by atoms with E-state index in [0.717, 1.165) is 11.4 Å². The molecular weight excluding hydrogens is 239 g/mol. The summed E-state index contributed by atoms with van der Waals surface area (Å²) in [5.74, 6) is -0.399. The monoisotopic (exact) mass is 248 g/mol. The summed E-state index contributed by atoms with van der Waals surface area (Å²) in [6.07, 6.45) is 0. The van der Waals surface area contributed by atoms with Crippen LogP contribution >= 0.6 is 11.6 Å². The second-order valence-electron chi connectivity index (χ2n) is 3.83. The first-order valence-electron chi connectivity index (χ1n) is 5.09. The highest BCUT2D eigenvalue weighted by Crippen LogP contribution is 2.24. The minimum atomic E-state index is -0.399. The van der Waals surface area contributed by atoms with Gasteiger partial charge in [0.1, 0.15) is 11.9 Å². The van der Waals surface area contributed by atoms with Crippen molar-refractivity contribution in [3.05, 3.63) is 52.1 Å². The summed E-state index contributed by atoms with van der Waals surface area (Å²) < 4.78 is 15.5. The fourth-order valence-corrected chi connectivity index (χ4v) is 2.07. The van der Waals surface area contributed by atoms with Crippen LogP contribution < -0.4 is 0 Å². The molecule has 4 heteroatoms. The average molecular weight is 249 g/mol. The van der Waals surface area contributed by atoms with Crippen LogP contribution in [0.5, 0.6) is 0 Å². The molecule has 86 valence electrons. The Labute approximate surface area is 104 Å². The van der Waals surface area contributed by atoms with Gasteiger partial charge in [-0.3, -0.25) is 0 Å². The van der Waals surface area contributed by atoms with Gasteiger partial charge in [-0.1, -0.05) is 11.6 Å². The van der Waals surface area contributed by atoms with Crippen LogP contribution in [0.25, 0.3) is 5.69 Å². The van der Waals surface area contributed by atoms with Gasteiger partial charge in [-0.15, -0.1) is 0 Å². The maximum Gasteiger partial charge on any atom is 0.148 e. The van der Waals surface area contributed by atoms with Crippen LogP contribution in [-0.2, 0) is 0 Å². The second-order valence-corrected chi connectivity index (χ2v) is 4.26. The molecule has 17 heavy (non-hydrogen) atoms. The summed E-state index contributed by atoms with van der Waals surface area (Å²) in [6, 6.07) is 8.33. The molecule has 0 amide bonds. The van der Waals surface area contributed by atoms with E-state index in [2.05, 4.69) is 6.07 Å². The van der Waals surface area contributed by atoms with Gasteiger partial charge in [0.05, 0.1) is 11.3 Å². The first kappa shape index (κ1) is 11.7. The van der Waals surface area contributed by atoms with Gasteiger partial charge in [0.25, 0.3) is 0 Å². The van der Waals surface area contributed by atoms with Crippen LogP contribution in [0.1, 0.15) is 17.0 Å². The molecular formula is C13H10ClFN2. The zero-order valence-corrected chi connectivity index (χ0v) is 10.2. The van der Waals surface area contributed by atoms with Crippen molar-refractivity contribution >= 4 is 11.6 Å². The van der Waals surface area contributed by atoms with Gasteiger partial charge >= 0.3 is 0 Å². The third-order valence-electron chi connectivity index (χ3n) is 2.70. The van der Waals surface area contributed by atoms with E-state index in [1.165, 1.54) is 6.07 Å². The molecule has 0 N–H and O–H groups in total. The molecule has 0 aliphatic rings. The number of hydrogen-bond acceptors (Lipinski definition) is 1. The van der Waals surface area contributed by atoms with Crippen molar-refractivity contribution in [2.75, 3.05) is 0 Å². The number of aromatic nitrogens is 1. The summed E-state index contributed by atoms with van der Waals surface area (Å²) in [6.45, 7) is 3.63. The lowest BCUT2D eigenvalue weighted by molar-refractivity contribution is 0.616. The lowest BCUT2D eigenvalue weighted by Gasteiger charge is -2.10. The molecule has 0 aliphatic heterocycles. The molecule has 0 radical (unpaired) electrons. The number of halogens is 2. The van der Waals surface area contributed by atoms with Crippen molar-refractivity contribution in [2.24, 2.45) is 0 Å². The SMILES string of the molecule is Cc1cc(C#N)c(C)n1-c1ccc(Cl)cc1F. The van der Waals surface area contributed by atoms with Gasteiger partial charge in [-0.05, 0) is 38.1 Å². The molecule has 0 bridgehead atoms. The smallest absolute Gasteiger partial charge is 0.148 e. The van der Waals surface area contributed by atoms with E-state index < -0.39 is 5.82 Å². The zero-order chi connectivity index (χ0) is 12.6. The fraction of sp³-hybridized carbons (Fsp3) is 0.154. The lowest BCUT2D eigenvalue weighted by atomic mass is 10.2. The van der Waals surface area contributed by atoms with Gasteiger partial charge in [-0.2, -0.15) is 5.26 Å². The Kier molecular flexibility index (Phi) is 2.91. The lowest BCUT2D eigenvalue weighted by Crippen LogP contribution is -2.02. The van der Waals surface area contributed by atoms with Crippen LogP contribution in [0.3, 0.4) is 0 Å². The Hall–Kier alpha value is -1.79. The van der Waals surface area contributed by atoms with E-state index >= 15 is 0 Å². The quantitative estimate of drug-likeness (QED) is 0.755. The fourth-order valence-electron chi connectivity index (χ4n) is 1.91.